The summed E-state index contributed by atoms with van der Waals surface area (Å²) in [7, 11) is 3.81. The number of nitrogens with zero attached hydrogens (tertiary/aromatic N) is 1. The molecule has 0 atom stereocenters. The number of carbonyl (C=O) groups is 1. The molecule has 0 heterocycles. The SMILES string of the molecule is CNCCCN(C)C(=O)CCCNC(C)C. The van der Waals surface area contributed by atoms with Crippen molar-refractivity contribution >= 4 is 5.91 Å². The highest BCUT2D eigenvalue weighted by Crippen LogP contribution is 1.96. The second kappa shape index (κ2) is 9.60. The van der Waals surface area contributed by atoms with E-state index in [1.807, 2.05) is 19.0 Å². The number of nitrogens with one attached hydrogen (secondary N) is 2. The number of amides is 1. The zero-order valence-electron chi connectivity index (χ0n) is 11.2. The molecule has 0 spiro atoms. The largest absolute Gasteiger partial charge is 0.346 e. The molecular weight excluding hydrogens is 202 g/mol. The summed E-state index contributed by atoms with van der Waals surface area (Å²) in [5.74, 6) is 0.252. The molecule has 4 nitrogen and oxygen atoms in total. The molecule has 0 saturated carbocycles. The minimum Gasteiger partial charge on any atom is -0.346 e. The van der Waals surface area contributed by atoms with Crippen LogP contribution in [0.5, 0.6) is 0 Å². The molecule has 0 aliphatic heterocycles. The molecule has 0 bridgehead atoms. The van der Waals surface area contributed by atoms with E-state index in [2.05, 4.69) is 24.5 Å². The maximum atomic E-state index is 11.7. The van der Waals surface area contributed by atoms with Crippen LogP contribution in [0.2, 0.25) is 0 Å². The van der Waals surface area contributed by atoms with Crippen molar-refractivity contribution in [3.63, 3.8) is 0 Å². The first-order valence-corrected chi connectivity index (χ1v) is 6.20. The van der Waals surface area contributed by atoms with Gasteiger partial charge in [0.05, 0.1) is 0 Å². The predicted molar refractivity (Wildman–Crippen MR) is 68.6 cm³/mol. The van der Waals surface area contributed by atoms with Gasteiger partial charge in [0.1, 0.15) is 0 Å². The van der Waals surface area contributed by atoms with Gasteiger partial charge in [0, 0.05) is 26.1 Å². The highest BCUT2D eigenvalue weighted by atomic mass is 16.2. The highest BCUT2D eigenvalue weighted by molar-refractivity contribution is 5.75. The van der Waals surface area contributed by atoms with E-state index < -0.39 is 0 Å². The first-order valence-electron chi connectivity index (χ1n) is 6.20. The van der Waals surface area contributed by atoms with Crippen molar-refractivity contribution in [1.29, 1.82) is 0 Å². The third kappa shape index (κ3) is 8.68. The van der Waals surface area contributed by atoms with E-state index in [0.29, 0.717) is 12.5 Å². The number of hydrogen-bond acceptors (Lipinski definition) is 3. The Labute approximate surface area is 99.8 Å². The molecule has 96 valence electrons. The van der Waals surface area contributed by atoms with Crippen LogP contribution in [0.1, 0.15) is 33.1 Å². The fourth-order valence-electron chi connectivity index (χ4n) is 1.44. The lowest BCUT2D eigenvalue weighted by Gasteiger charge is -2.17. The van der Waals surface area contributed by atoms with Crippen molar-refractivity contribution < 1.29 is 4.79 Å². The third-order valence-electron chi connectivity index (χ3n) is 2.47. The van der Waals surface area contributed by atoms with Crippen LogP contribution in [0, 0.1) is 0 Å². The molecule has 0 unspecified atom stereocenters. The van der Waals surface area contributed by atoms with E-state index in [1.165, 1.54) is 0 Å². The number of carbonyl (C=O) groups excluding carboxylic acids is 1. The summed E-state index contributed by atoms with van der Waals surface area (Å²) in [6, 6.07) is 0.503. The second-order valence-corrected chi connectivity index (χ2v) is 4.48. The predicted octanol–water partition coefficient (Wildman–Crippen LogP) is 0.833. The first kappa shape index (κ1) is 15.4. The van der Waals surface area contributed by atoms with Gasteiger partial charge in [-0.05, 0) is 33.0 Å². The normalized spacial score (nSPS) is 10.8. The van der Waals surface area contributed by atoms with Crippen LogP contribution < -0.4 is 10.6 Å². The zero-order chi connectivity index (χ0) is 12.4. The van der Waals surface area contributed by atoms with E-state index in [4.69, 9.17) is 0 Å². The van der Waals surface area contributed by atoms with E-state index in [0.717, 1.165) is 32.5 Å². The van der Waals surface area contributed by atoms with Crippen LogP contribution in [-0.4, -0.2) is 50.6 Å². The molecule has 0 aromatic heterocycles. The highest BCUT2D eigenvalue weighted by Gasteiger charge is 2.07. The number of hydrogen-bond donors (Lipinski definition) is 2. The summed E-state index contributed by atoms with van der Waals surface area (Å²) in [6.45, 7) is 6.97. The van der Waals surface area contributed by atoms with Gasteiger partial charge in [0.2, 0.25) is 5.91 Å². The van der Waals surface area contributed by atoms with E-state index in [1.54, 1.807) is 0 Å². The smallest absolute Gasteiger partial charge is 0.222 e. The maximum Gasteiger partial charge on any atom is 0.222 e. The molecule has 0 aromatic carbocycles. The topological polar surface area (TPSA) is 44.4 Å². The Kier molecular flexibility index (Phi) is 9.24. The van der Waals surface area contributed by atoms with Crippen molar-refractivity contribution in [2.75, 3.05) is 33.7 Å². The van der Waals surface area contributed by atoms with E-state index in [-0.39, 0.29) is 5.91 Å². The van der Waals surface area contributed by atoms with Crippen LogP contribution in [-0.2, 0) is 4.79 Å². The molecule has 2 N–H and O–H groups in total. The molecule has 1 amide bonds. The minimum atomic E-state index is 0.252. The Morgan fingerprint density at radius 1 is 1.25 bits per heavy atom. The lowest BCUT2D eigenvalue weighted by Crippen LogP contribution is -2.30. The van der Waals surface area contributed by atoms with Gasteiger partial charge in [-0.25, -0.2) is 0 Å². The molecule has 0 rings (SSSR count). The molecular formula is C12H27N3O. The number of rotatable bonds is 9. The van der Waals surface area contributed by atoms with Crippen LogP contribution in [0.3, 0.4) is 0 Å². The molecule has 4 heteroatoms. The summed E-state index contributed by atoms with van der Waals surface area (Å²) >= 11 is 0. The van der Waals surface area contributed by atoms with Gasteiger partial charge in [0.15, 0.2) is 0 Å². The standard InChI is InChI=1S/C12H27N3O/c1-11(2)14-9-5-7-12(16)15(4)10-6-8-13-3/h11,13-14H,5-10H2,1-4H3. The lowest BCUT2D eigenvalue weighted by molar-refractivity contribution is -0.130. The summed E-state index contributed by atoms with van der Waals surface area (Å²) in [4.78, 5) is 13.5. The van der Waals surface area contributed by atoms with Crippen molar-refractivity contribution in [1.82, 2.24) is 15.5 Å². The Morgan fingerprint density at radius 3 is 2.50 bits per heavy atom. The van der Waals surface area contributed by atoms with Gasteiger partial charge in [-0.15, -0.1) is 0 Å². The van der Waals surface area contributed by atoms with Crippen LogP contribution in [0.15, 0.2) is 0 Å². The summed E-state index contributed by atoms with van der Waals surface area (Å²) in [5.41, 5.74) is 0. The molecule has 16 heavy (non-hydrogen) atoms. The Hall–Kier alpha value is -0.610. The van der Waals surface area contributed by atoms with Crippen molar-refractivity contribution in [3.05, 3.63) is 0 Å². The van der Waals surface area contributed by atoms with E-state index >= 15 is 0 Å². The van der Waals surface area contributed by atoms with Crippen molar-refractivity contribution in [3.8, 4) is 0 Å². The minimum absolute atomic E-state index is 0.252. The summed E-state index contributed by atoms with van der Waals surface area (Å²) in [6.07, 6.45) is 2.59. The Morgan fingerprint density at radius 2 is 1.94 bits per heavy atom. The molecule has 0 fully saturated rings. The Bertz CT molecular complexity index is 183. The van der Waals surface area contributed by atoms with Gasteiger partial charge < -0.3 is 15.5 Å². The summed E-state index contributed by atoms with van der Waals surface area (Å²) in [5, 5.41) is 6.39. The quantitative estimate of drug-likeness (QED) is 0.576. The van der Waals surface area contributed by atoms with Crippen molar-refractivity contribution in [2.45, 2.75) is 39.2 Å². The van der Waals surface area contributed by atoms with Gasteiger partial charge in [-0.1, -0.05) is 13.8 Å². The van der Waals surface area contributed by atoms with Gasteiger partial charge in [-0.3, -0.25) is 4.79 Å². The van der Waals surface area contributed by atoms with Crippen LogP contribution in [0.25, 0.3) is 0 Å². The lowest BCUT2D eigenvalue weighted by atomic mass is 10.2. The van der Waals surface area contributed by atoms with Gasteiger partial charge >= 0.3 is 0 Å². The van der Waals surface area contributed by atoms with Crippen molar-refractivity contribution in [2.24, 2.45) is 0 Å². The van der Waals surface area contributed by atoms with Gasteiger partial charge in [-0.2, -0.15) is 0 Å². The first-order chi connectivity index (χ1) is 7.57. The monoisotopic (exact) mass is 229 g/mol. The fourth-order valence-corrected chi connectivity index (χ4v) is 1.44. The zero-order valence-corrected chi connectivity index (χ0v) is 11.2. The molecule has 0 aromatic rings. The molecule has 0 radical (unpaired) electrons. The van der Waals surface area contributed by atoms with Crippen LogP contribution in [0.4, 0.5) is 0 Å². The van der Waals surface area contributed by atoms with E-state index in [9.17, 15) is 4.79 Å². The molecule has 0 aliphatic carbocycles. The molecule has 0 aliphatic rings. The average Bonchev–Trinajstić information content (AvgIpc) is 2.24. The third-order valence-corrected chi connectivity index (χ3v) is 2.47. The molecule has 0 saturated heterocycles. The fraction of sp³-hybridized carbons (Fsp3) is 0.917. The Balaban J connectivity index is 3.47. The van der Waals surface area contributed by atoms with Crippen LogP contribution >= 0.6 is 0 Å². The maximum absolute atomic E-state index is 11.7. The second-order valence-electron chi connectivity index (χ2n) is 4.48. The average molecular weight is 229 g/mol. The van der Waals surface area contributed by atoms with Gasteiger partial charge in [0.25, 0.3) is 0 Å². The summed E-state index contributed by atoms with van der Waals surface area (Å²) < 4.78 is 0.